The van der Waals surface area contributed by atoms with Gasteiger partial charge in [0.15, 0.2) is 5.69 Å². The van der Waals surface area contributed by atoms with Gasteiger partial charge in [-0.3, -0.25) is 9.89 Å². The fourth-order valence-electron chi connectivity index (χ4n) is 2.50. The maximum Gasteiger partial charge on any atom is 0.348 e. The number of H-pyrrole nitrogens is 1. The normalized spacial score (nSPS) is 10.5. The van der Waals surface area contributed by atoms with E-state index in [2.05, 4.69) is 15.5 Å². The predicted octanol–water partition coefficient (Wildman–Crippen LogP) is 3.72. The molecule has 3 aromatic rings. The molecule has 0 saturated carbocycles. The van der Waals surface area contributed by atoms with Gasteiger partial charge in [0, 0.05) is 0 Å². The van der Waals surface area contributed by atoms with E-state index in [1.165, 1.54) is 18.4 Å². The molecule has 0 saturated heterocycles. The molecule has 0 fully saturated rings. The Balaban J connectivity index is 1.90. The van der Waals surface area contributed by atoms with E-state index in [1.807, 2.05) is 17.5 Å². The molecule has 146 valence electrons. The molecule has 3 rings (SSSR count). The maximum absolute atomic E-state index is 12.6. The van der Waals surface area contributed by atoms with Crippen LogP contribution in [0.15, 0.2) is 23.6 Å². The van der Waals surface area contributed by atoms with Gasteiger partial charge >= 0.3 is 11.9 Å². The molecule has 0 bridgehead atoms. The Labute approximate surface area is 168 Å². The van der Waals surface area contributed by atoms with E-state index in [0.29, 0.717) is 11.3 Å². The number of nitrogens with one attached hydrogen (secondary N) is 2. The molecule has 0 aromatic carbocycles. The molecule has 8 nitrogen and oxygen atoms in total. The summed E-state index contributed by atoms with van der Waals surface area (Å²) in [6.07, 6.45) is 0. The van der Waals surface area contributed by atoms with Crippen LogP contribution in [0.5, 0.6) is 0 Å². The fourth-order valence-corrected chi connectivity index (χ4v) is 4.28. The van der Waals surface area contributed by atoms with E-state index >= 15 is 0 Å². The number of carbonyl (C=O) groups excluding carboxylic acids is 3. The third-order valence-electron chi connectivity index (χ3n) is 3.82. The number of ether oxygens (including phenoxy) is 2. The van der Waals surface area contributed by atoms with E-state index in [4.69, 9.17) is 9.47 Å². The Morgan fingerprint density at radius 1 is 1.29 bits per heavy atom. The molecule has 0 unspecified atom stereocenters. The Morgan fingerprint density at radius 3 is 2.71 bits per heavy atom. The number of nitrogens with zero attached hydrogens (tertiary/aromatic N) is 1. The predicted molar refractivity (Wildman–Crippen MR) is 106 cm³/mol. The van der Waals surface area contributed by atoms with Gasteiger partial charge in [-0.25, -0.2) is 9.59 Å². The van der Waals surface area contributed by atoms with Gasteiger partial charge < -0.3 is 14.8 Å². The molecular weight excluding hydrogens is 402 g/mol. The molecule has 3 aromatic heterocycles. The van der Waals surface area contributed by atoms with Crippen molar-refractivity contribution in [1.29, 1.82) is 0 Å². The number of thiophene rings is 2. The monoisotopic (exact) mass is 419 g/mol. The summed E-state index contributed by atoms with van der Waals surface area (Å²) in [6, 6.07) is 5.42. The van der Waals surface area contributed by atoms with Crippen LogP contribution >= 0.6 is 22.7 Å². The summed E-state index contributed by atoms with van der Waals surface area (Å²) < 4.78 is 9.81. The molecule has 0 aliphatic carbocycles. The summed E-state index contributed by atoms with van der Waals surface area (Å²) in [5.74, 6) is -1.72. The molecule has 0 atom stereocenters. The van der Waals surface area contributed by atoms with E-state index in [1.54, 1.807) is 19.9 Å². The van der Waals surface area contributed by atoms with E-state index in [-0.39, 0.29) is 27.7 Å². The highest BCUT2D eigenvalue weighted by molar-refractivity contribution is 7.18. The second-order valence-corrected chi connectivity index (χ2v) is 7.54. The summed E-state index contributed by atoms with van der Waals surface area (Å²) in [5, 5.41) is 11.6. The molecule has 0 spiro atoms. The number of aromatic nitrogens is 2. The third-order valence-corrected chi connectivity index (χ3v) is 5.91. The summed E-state index contributed by atoms with van der Waals surface area (Å²) in [5.41, 5.74) is 1.38. The molecule has 0 aliphatic rings. The van der Waals surface area contributed by atoms with Gasteiger partial charge in [-0.15, -0.1) is 22.7 Å². The molecular formula is C18H17N3O5S2. The van der Waals surface area contributed by atoms with Crippen LogP contribution in [-0.4, -0.2) is 41.8 Å². The number of aromatic amines is 1. The Morgan fingerprint density at radius 2 is 2.07 bits per heavy atom. The smallest absolute Gasteiger partial charge is 0.348 e. The second kappa shape index (κ2) is 8.36. The van der Waals surface area contributed by atoms with Gasteiger partial charge in [0.25, 0.3) is 5.91 Å². The number of hydrogen-bond donors (Lipinski definition) is 2. The molecule has 0 aliphatic heterocycles. The maximum atomic E-state index is 12.6. The minimum absolute atomic E-state index is 0.123. The van der Waals surface area contributed by atoms with Gasteiger partial charge in [-0.05, 0) is 36.9 Å². The highest BCUT2D eigenvalue weighted by atomic mass is 32.1. The van der Waals surface area contributed by atoms with Crippen LogP contribution in [0.4, 0.5) is 5.00 Å². The van der Waals surface area contributed by atoms with Gasteiger partial charge in [0.1, 0.15) is 9.88 Å². The van der Waals surface area contributed by atoms with Crippen molar-refractivity contribution in [3.63, 3.8) is 0 Å². The number of anilines is 1. The molecule has 10 heteroatoms. The first-order valence-corrected chi connectivity index (χ1v) is 9.95. The van der Waals surface area contributed by atoms with Crippen LogP contribution in [-0.2, 0) is 9.47 Å². The van der Waals surface area contributed by atoms with E-state index < -0.39 is 17.8 Å². The number of carbonyl (C=O) groups is 3. The number of esters is 2. The van der Waals surface area contributed by atoms with Crippen molar-refractivity contribution in [2.75, 3.05) is 19.0 Å². The standard InChI is InChI=1S/C18H17N3O5S2/c1-4-26-18(24)14-9(2)13(17(23)25-3)16(28-14)19-15(22)11-8-10(20-21-11)12-6-5-7-27-12/h5-8H,4H2,1-3H3,(H,19,22)(H,20,21). The topological polar surface area (TPSA) is 110 Å². The number of methoxy groups -OCH3 is 1. The first kappa shape index (κ1) is 19.8. The zero-order valence-electron chi connectivity index (χ0n) is 15.3. The quantitative estimate of drug-likeness (QED) is 0.589. The van der Waals surface area contributed by atoms with Gasteiger partial charge in [0.2, 0.25) is 0 Å². The number of hydrogen-bond acceptors (Lipinski definition) is 8. The SMILES string of the molecule is CCOC(=O)c1sc(NC(=O)c2cc(-c3cccs3)[nH]n2)c(C(=O)OC)c1C. The lowest BCUT2D eigenvalue weighted by Crippen LogP contribution is -2.14. The third kappa shape index (κ3) is 3.82. The molecule has 3 heterocycles. The molecule has 28 heavy (non-hydrogen) atoms. The zero-order chi connectivity index (χ0) is 20.3. The number of rotatable bonds is 6. The van der Waals surface area contributed by atoms with Crippen LogP contribution < -0.4 is 5.32 Å². The van der Waals surface area contributed by atoms with Gasteiger partial charge in [-0.1, -0.05) is 6.07 Å². The Bertz CT molecular complexity index is 1020. The fraction of sp³-hybridized carbons (Fsp3) is 0.222. The van der Waals surface area contributed by atoms with Gasteiger partial charge in [0.05, 0.1) is 29.9 Å². The van der Waals surface area contributed by atoms with Crippen molar-refractivity contribution in [3.05, 3.63) is 45.3 Å². The lowest BCUT2D eigenvalue weighted by Gasteiger charge is -2.04. The highest BCUT2D eigenvalue weighted by Gasteiger charge is 2.27. The zero-order valence-corrected chi connectivity index (χ0v) is 17.0. The van der Waals surface area contributed by atoms with E-state index in [0.717, 1.165) is 16.2 Å². The number of amides is 1. The molecule has 2 N–H and O–H groups in total. The molecule has 1 amide bonds. The van der Waals surface area contributed by atoms with Crippen molar-refractivity contribution in [2.24, 2.45) is 0 Å². The van der Waals surface area contributed by atoms with E-state index in [9.17, 15) is 14.4 Å². The largest absolute Gasteiger partial charge is 0.465 e. The first-order chi connectivity index (χ1) is 13.5. The van der Waals surface area contributed by atoms with Crippen LogP contribution in [0.2, 0.25) is 0 Å². The lowest BCUT2D eigenvalue weighted by atomic mass is 10.1. The average molecular weight is 419 g/mol. The minimum Gasteiger partial charge on any atom is -0.465 e. The van der Waals surface area contributed by atoms with Crippen molar-refractivity contribution >= 4 is 45.5 Å². The lowest BCUT2D eigenvalue weighted by molar-refractivity contribution is 0.0531. The Kier molecular flexibility index (Phi) is 5.90. The Hall–Kier alpha value is -2.98. The van der Waals surface area contributed by atoms with Crippen molar-refractivity contribution in [3.8, 4) is 10.6 Å². The van der Waals surface area contributed by atoms with Crippen LogP contribution in [0.25, 0.3) is 10.6 Å². The summed E-state index contributed by atoms with van der Waals surface area (Å²) in [6.45, 7) is 3.49. The minimum atomic E-state index is -0.652. The van der Waals surface area contributed by atoms with Crippen LogP contribution in [0.3, 0.4) is 0 Å². The second-order valence-electron chi connectivity index (χ2n) is 5.57. The summed E-state index contributed by atoms with van der Waals surface area (Å²) in [4.78, 5) is 38.1. The summed E-state index contributed by atoms with van der Waals surface area (Å²) >= 11 is 2.48. The van der Waals surface area contributed by atoms with Crippen LogP contribution in [0.1, 0.15) is 43.0 Å². The van der Waals surface area contributed by atoms with Crippen molar-refractivity contribution < 1.29 is 23.9 Å². The van der Waals surface area contributed by atoms with Crippen molar-refractivity contribution in [1.82, 2.24) is 10.2 Å². The highest BCUT2D eigenvalue weighted by Crippen LogP contribution is 2.34. The summed E-state index contributed by atoms with van der Waals surface area (Å²) in [7, 11) is 1.23. The first-order valence-electron chi connectivity index (χ1n) is 8.25. The average Bonchev–Trinajstić information content (AvgIpc) is 3.41. The van der Waals surface area contributed by atoms with Crippen LogP contribution in [0, 0.1) is 6.92 Å². The molecule has 0 radical (unpaired) electrons. The van der Waals surface area contributed by atoms with Crippen molar-refractivity contribution in [2.45, 2.75) is 13.8 Å². The van der Waals surface area contributed by atoms with Gasteiger partial charge in [-0.2, -0.15) is 5.10 Å².